The molecular weight excluding hydrogens is 1020 g/mol. The summed E-state index contributed by atoms with van der Waals surface area (Å²) >= 11 is 0. The predicted molar refractivity (Wildman–Crippen MR) is 361 cm³/mol. The molecule has 6 nitrogen and oxygen atoms in total. The van der Waals surface area contributed by atoms with Crippen LogP contribution in [0.15, 0.2) is 182 Å². The number of rotatable bonds is 58. The van der Waals surface area contributed by atoms with Crippen molar-refractivity contribution in [1.82, 2.24) is 0 Å². The van der Waals surface area contributed by atoms with Crippen molar-refractivity contribution < 1.29 is 28.6 Å². The van der Waals surface area contributed by atoms with E-state index in [0.717, 1.165) is 128 Å². The number of ether oxygens (including phenoxy) is 3. The highest BCUT2D eigenvalue weighted by atomic mass is 16.6. The Bertz CT molecular complexity index is 1940. The van der Waals surface area contributed by atoms with Crippen molar-refractivity contribution in [3.8, 4) is 0 Å². The first-order valence-electron chi connectivity index (χ1n) is 33.3. The lowest BCUT2D eigenvalue weighted by atomic mass is 10.0. The van der Waals surface area contributed by atoms with Gasteiger partial charge in [-0.1, -0.05) is 287 Å². The Morgan fingerprint density at radius 2 is 0.458 bits per heavy atom. The van der Waals surface area contributed by atoms with Crippen molar-refractivity contribution in [3.63, 3.8) is 0 Å². The van der Waals surface area contributed by atoms with E-state index in [1.165, 1.54) is 83.5 Å². The minimum absolute atomic E-state index is 0.125. The zero-order valence-electron chi connectivity index (χ0n) is 53.1. The molecular formula is C77H120O6. The molecule has 1 unspecified atom stereocenters. The summed E-state index contributed by atoms with van der Waals surface area (Å²) in [5, 5.41) is 0. The van der Waals surface area contributed by atoms with Gasteiger partial charge in [-0.25, -0.2) is 0 Å². The molecule has 0 fully saturated rings. The van der Waals surface area contributed by atoms with Crippen molar-refractivity contribution in [3.05, 3.63) is 182 Å². The van der Waals surface area contributed by atoms with E-state index < -0.39 is 6.10 Å². The molecule has 0 saturated carbocycles. The molecule has 0 saturated heterocycles. The van der Waals surface area contributed by atoms with Gasteiger partial charge in [0.1, 0.15) is 13.2 Å². The summed E-state index contributed by atoms with van der Waals surface area (Å²) in [4.78, 5) is 38.3. The summed E-state index contributed by atoms with van der Waals surface area (Å²) in [6.45, 7) is 6.19. The summed E-state index contributed by atoms with van der Waals surface area (Å²) in [7, 11) is 0. The van der Waals surface area contributed by atoms with E-state index in [2.05, 4.69) is 191 Å². The second kappa shape index (κ2) is 69.0. The van der Waals surface area contributed by atoms with E-state index in [0.29, 0.717) is 19.3 Å². The van der Waals surface area contributed by atoms with Crippen LogP contribution in [0.25, 0.3) is 0 Å². The molecule has 0 radical (unpaired) electrons. The Morgan fingerprint density at radius 1 is 0.241 bits per heavy atom. The van der Waals surface area contributed by atoms with Crippen LogP contribution in [-0.4, -0.2) is 37.2 Å². The molecule has 6 heteroatoms. The summed E-state index contributed by atoms with van der Waals surface area (Å²) in [5.41, 5.74) is 0. The molecule has 0 aliphatic heterocycles. The fraction of sp³-hybridized carbons (Fsp3) is 0.571. The standard InChI is InChI=1S/C77H120O6/c1-4-7-10-13-16-19-22-25-27-29-31-33-34-35-36-37-38-39-40-41-42-44-45-47-49-52-55-58-61-64-67-70-76(79)82-73-74(72-81-75(78)69-66-63-60-57-54-51-24-21-18-15-12-9-6-3)83-77(80)71-68-65-62-59-56-53-50-48-46-43-32-30-28-26-23-20-17-14-11-8-5-2/h7-12,16-21,25-28,31-33,35-36,43,48,50-51,54,56,59-60,63,74H,4-6,13-15,22-24,29-30,34,37-42,44-47,49,52-53,55,57-58,61-62,64-73H2,1-3H3/b10-7-,11-8-,12-9-,19-16-,20-17-,21-18-,27-25-,28-26-,33-31-,36-35-,43-32-,50-48-,54-51-,59-56-,63-60-. The van der Waals surface area contributed by atoms with E-state index in [4.69, 9.17) is 14.2 Å². The number of hydrogen-bond acceptors (Lipinski definition) is 6. The minimum atomic E-state index is -0.840. The maximum absolute atomic E-state index is 12.9. The monoisotopic (exact) mass is 1140 g/mol. The normalized spacial score (nSPS) is 13.3. The summed E-state index contributed by atoms with van der Waals surface area (Å²) in [5.74, 6) is -1.06. The average Bonchev–Trinajstić information content (AvgIpc) is 3.49. The topological polar surface area (TPSA) is 78.9 Å². The van der Waals surface area contributed by atoms with Gasteiger partial charge in [-0.15, -0.1) is 0 Å². The molecule has 1 atom stereocenters. The molecule has 464 valence electrons. The van der Waals surface area contributed by atoms with Crippen LogP contribution in [0.2, 0.25) is 0 Å². The van der Waals surface area contributed by atoms with Crippen LogP contribution in [0.3, 0.4) is 0 Å². The maximum Gasteiger partial charge on any atom is 0.306 e. The van der Waals surface area contributed by atoms with Gasteiger partial charge in [0.25, 0.3) is 0 Å². The molecule has 0 aliphatic carbocycles. The molecule has 0 N–H and O–H groups in total. The van der Waals surface area contributed by atoms with Crippen LogP contribution < -0.4 is 0 Å². The number of esters is 3. The average molecular weight is 1140 g/mol. The van der Waals surface area contributed by atoms with E-state index in [9.17, 15) is 14.4 Å². The van der Waals surface area contributed by atoms with Gasteiger partial charge in [-0.3, -0.25) is 14.4 Å². The van der Waals surface area contributed by atoms with Gasteiger partial charge < -0.3 is 14.2 Å². The summed E-state index contributed by atoms with van der Waals surface area (Å²) < 4.78 is 16.8. The van der Waals surface area contributed by atoms with Gasteiger partial charge >= 0.3 is 17.9 Å². The zero-order chi connectivity index (χ0) is 59.9. The molecule has 0 heterocycles. The SMILES string of the molecule is CC/C=C\C/C=C\C/C=C\C/C=C\C/C=C\C/C=C\CCCCC(=O)OC(COC(=O)CC/C=C\C/C=C\C/C=C\C/C=C\CC)COC(=O)CCCCCCCCCCCCCCCCC/C=C\C/C=C\C/C=C\C/C=C\C/C=C\CC. The molecule has 0 aromatic rings. The summed E-state index contributed by atoms with van der Waals surface area (Å²) in [6.07, 6.45) is 104. The highest BCUT2D eigenvalue weighted by molar-refractivity contribution is 5.71. The fourth-order valence-corrected chi connectivity index (χ4v) is 8.55. The molecule has 0 amide bonds. The number of carbonyl (C=O) groups is 3. The summed E-state index contributed by atoms with van der Waals surface area (Å²) in [6, 6.07) is 0. The zero-order valence-corrected chi connectivity index (χ0v) is 53.1. The van der Waals surface area contributed by atoms with Gasteiger partial charge in [-0.05, 0) is 141 Å². The molecule has 83 heavy (non-hydrogen) atoms. The largest absolute Gasteiger partial charge is 0.462 e. The smallest absolute Gasteiger partial charge is 0.306 e. The van der Waals surface area contributed by atoms with E-state index >= 15 is 0 Å². The highest BCUT2D eigenvalue weighted by Gasteiger charge is 2.19. The third-order valence-electron chi connectivity index (χ3n) is 13.4. The van der Waals surface area contributed by atoms with Crippen LogP contribution in [0, 0.1) is 0 Å². The first-order chi connectivity index (χ1) is 41.0. The Labute approximate surface area is 510 Å². The number of hydrogen-bond donors (Lipinski definition) is 0. The van der Waals surface area contributed by atoms with Crippen LogP contribution in [0.1, 0.15) is 265 Å². The van der Waals surface area contributed by atoms with Crippen molar-refractivity contribution in [2.24, 2.45) is 0 Å². The third kappa shape index (κ3) is 67.2. The quantitative estimate of drug-likeness (QED) is 0.0261. The van der Waals surface area contributed by atoms with Crippen LogP contribution in [0.5, 0.6) is 0 Å². The van der Waals surface area contributed by atoms with Crippen LogP contribution in [0.4, 0.5) is 0 Å². The van der Waals surface area contributed by atoms with Crippen LogP contribution >= 0.6 is 0 Å². The molecule has 0 aromatic carbocycles. The molecule has 0 aliphatic rings. The fourth-order valence-electron chi connectivity index (χ4n) is 8.55. The van der Waals surface area contributed by atoms with Crippen molar-refractivity contribution in [2.45, 2.75) is 271 Å². The van der Waals surface area contributed by atoms with E-state index in [1.807, 2.05) is 12.2 Å². The second-order valence-corrected chi connectivity index (χ2v) is 21.2. The lowest BCUT2D eigenvalue weighted by Gasteiger charge is -2.18. The van der Waals surface area contributed by atoms with E-state index in [1.54, 1.807) is 0 Å². The number of allylic oxidation sites excluding steroid dienone is 30. The van der Waals surface area contributed by atoms with Crippen molar-refractivity contribution >= 4 is 17.9 Å². The first-order valence-corrected chi connectivity index (χ1v) is 33.3. The maximum atomic E-state index is 12.9. The van der Waals surface area contributed by atoms with Crippen molar-refractivity contribution in [1.29, 1.82) is 0 Å². The molecule has 0 rings (SSSR count). The molecule has 0 aromatic heterocycles. The number of carbonyl (C=O) groups excluding carboxylic acids is 3. The van der Waals surface area contributed by atoms with E-state index in [-0.39, 0.29) is 44.0 Å². The third-order valence-corrected chi connectivity index (χ3v) is 13.4. The minimum Gasteiger partial charge on any atom is -0.462 e. The van der Waals surface area contributed by atoms with Crippen LogP contribution in [-0.2, 0) is 28.6 Å². The Hall–Kier alpha value is -5.49. The van der Waals surface area contributed by atoms with Gasteiger partial charge in [0.15, 0.2) is 6.10 Å². The molecule has 0 spiro atoms. The van der Waals surface area contributed by atoms with Gasteiger partial charge in [0, 0.05) is 19.3 Å². The number of unbranched alkanes of at least 4 members (excludes halogenated alkanes) is 17. The Morgan fingerprint density at radius 3 is 0.771 bits per heavy atom. The van der Waals surface area contributed by atoms with Crippen molar-refractivity contribution in [2.75, 3.05) is 13.2 Å². The van der Waals surface area contributed by atoms with Gasteiger partial charge in [-0.2, -0.15) is 0 Å². The van der Waals surface area contributed by atoms with Gasteiger partial charge in [0.2, 0.25) is 0 Å². The first kappa shape index (κ1) is 77.5. The lowest BCUT2D eigenvalue weighted by molar-refractivity contribution is -0.166. The second-order valence-electron chi connectivity index (χ2n) is 21.2. The Balaban J connectivity index is 4.38. The lowest BCUT2D eigenvalue weighted by Crippen LogP contribution is -2.30. The Kier molecular flexibility index (Phi) is 64.4. The highest BCUT2D eigenvalue weighted by Crippen LogP contribution is 2.15. The molecule has 0 bridgehead atoms. The predicted octanol–water partition coefficient (Wildman–Crippen LogP) is 23.2. The van der Waals surface area contributed by atoms with Gasteiger partial charge in [0.05, 0.1) is 0 Å².